The van der Waals surface area contributed by atoms with Crippen LogP contribution in [0.2, 0.25) is 0 Å². The number of aliphatic hydroxyl groups is 1. The van der Waals surface area contributed by atoms with E-state index in [9.17, 15) is 13.5 Å². The highest BCUT2D eigenvalue weighted by Gasteiger charge is 2.26. The number of nitrogens with two attached hydrogens (primary N) is 1. The van der Waals surface area contributed by atoms with E-state index in [0.29, 0.717) is 6.42 Å². The molecule has 0 bridgehead atoms. The van der Waals surface area contributed by atoms with Crippen LogP contribution in [-0.2, 0) is 10.0 Å². The number of nitrogen functional groups attached to an aromatic ring is 1. The van der Waals surface area contributed by atoms with Gasteiger partial charge in [-0.3, -0.25) is 0 Å². The fourth-order valence-electron chi connectivity index (χ4n) is 2.32. The van der Waals surface area contributed by atoms with Crippen molar-refractivity contribution < 1.29 is 13.5 Å². The molecule has 0 spiro atoms. The van der Waals surface area contributed by atoms with Crippen molar-refractivity contribution in [3.05, 3.63) is 23.3 Å². The maximum atomic E-state index is 12.3. The molecule has 4 N–H and O–H groups in total. The van der Waals surface area contributed by atoms with Crippen molar-refractivity contribution in [2.75, 3.05) is 12.3 Å². The van der Waals surface area contributed by atoms with E-state index in [1.165, 1.54) is 0 Å². The molecule has 0 radical (unpaired) electrons. The van der Waals surface area contributed by atoms with Crippen LogP contribution in [0, 0.1) is 19.8 Å². The van der Waals surface area contributed by atoms with Gasteiger partial charge in [-0.2, -0.15) is 0 Å². The molecular formula is C15H26N2O3S. The summed E-state index contributed by atoms with van der Waals surface area (Å²) in [7, 11) is -3.73. The van der Waals surface area contributed by atoms with Gasteiger partial charge < -0.3 is 10.8 Å². The van der Waals surface area contributed by atoms with Gasteiger partial charge in [0.2, 0.25) is 10.0 Å². The average Bonchev–Trinajstić information content (AvgIpc) is 2.30. The molecule has 0 fully saturated rings. The molecule has 5 nitrogen and oxygen atoms in total. The van der Waals surface area contributed by atoms with Gasteiger partial charge in [-0.05, 0) is 56.4 Å². The summed E-state index contributed by atoms with van der Waals surface area (Å²) in [5.41, 5.74) is 6.75. The monoisotopic (exact) mass is 314 g/mol. The van der Waals surface area contributed by atoms with Crippen molar-refractivity contribution in [1.82, 2.24) is 4.72 Å². The van der Waals surface area contributed by atoms with Gasteiger partial charge in [0.25, 0.3) is 0 Å². The van der Waals surface area contributed by atoms with Gasteiger partial charge in [0, 0.05) is 6.54 Å². The number of hydrogen-bond acceptors (Lipinski definition) is 4. The maximum Gasteiger partial charge on any atom is 0.242 e. The van der Waals surface area contributed by atoms with Gasteiger partial charge in [0.15, 0.2) is 0 Å². The van der Waals surface area contributed by atoms with E-state index in [1.54, 1.807) is 19.1 Å². The number of rotatable bonds is 6. The zero-order valence-corrected chi connectivity index (χ0v) is 14.2. The number of anilines is 1. The molecule has 1 atom stereocenters. The predicted octanol–water partition coefficient (Wildman–Crippen LogP) is 1.96. The highest BCUT2D eigenvalue weighted by Crippen LogP contribution is 2.23. The number of benzene rings is 1. The van der Waals surface area contributed by atoms with E-state index < -0.39 is 15.6 Å². The molecule has 0 aromatic heterocycles. The molecule has 1 aromatic rings. The molecule has 1 rings (SSSR count). The van der Waals surface area contributed by atoms with Crippen molar-refractivity contribution in [2.45, 2.75) is 51.5 Å². The first-order valence-electron chi connectivity index (χ1n) is 7.03. The summed E-state index contributed by atoms with van der Waals surface area (Å²) >= 11 is 0. The smallest absolute Gasteiger partial charge is 0.242 e. The lowest BCUT2D eigenvalue weighted by Gasteiger charge is -2.25. The van der Waals surface area contributed by atoms with Crippen molar-refractivity contribution >= 4 is 15.7 Å². The first-order chi connectivity index (χ1) is 9.44. The van der Waals surface area contributed by atoms with Crippen molar-refractivity contribution in [2.24, 2.45) is 5.92 Å². The van der Waals surface area contributed by atoms with E-state index in [-0.39, 0.29) is 23.0 Å². The van der Waals surface area contributed by atoms with Crippen molar-refractivity contribution in [3.8, 4) is 0 Å². The second-order valence-corrected chi connectivity index (χ2v) is 8.13. The van der Waals surface area contributed by atoms with Crippen LogP contribution >= 0.6 is 0 Å². The van der Waals surface area contributed by atoms with Crippen LogP contribution in [0.5, 0.6) is 0 Å². The summed E-state index contributed by atoms with van der Waals surface area (Å²) < 4.78 is 27.1. The third-order valence-electron chi connectivity index (χ3n) is 3.41. The molecule has 1 unspecified atom stereocenters. The Hall–Kier alpha value is -1.11. The van der Waals surface area contributed by atoms with E-state index in [0.717, 1.165) is 11.1 Å². The summed E-state index contributed by atoms with van der Waals surface area (Å²) in [4.78, 5) is 0.0611. The summed E-state index contributed by atoms with van der Waals surface area (Å²) in [6, 6.07) is 3.21. The lowest BCUT2D eigenvalue weighted by atomic mass is 9.95. The molecule has 0 aliphatic carbocycles. The summed E-state index contributed by atoms with van der Waals surface area (Å²) in [6.07, 6.45) is 0.512. The number of hydrogen-bond donors (Lipinski definition) is 3. The van der Waals surface area contributed by atoms with Gasteiger partial charge in [0.05, 0.1) is 11.3 Å². The van der Waals surface area contributed by atoms with Crippen LogP contribution < -0.4 is 10.5 Å². The Labute approximate surface area is 127 Å². The highest BCUT2D eigenvalue weighted by molar-refractivity contribution is 7.89. The van der Waals surface area contributed by atoms with Crippen LogP contribution in [0.15, 0.2) is 17.0 Å². The SMILES string of the molecule is Cc1cc(N)c(S(=O)(=O)NCC(C)(O)CC(C)C)cc1C. The fraction of sp³-hybridized carbons (Fsp3) is 0.600. The molecule has 0 aliphatic rings. The molecule has 0 aliphatic heterocycles. The molecule has 1 aromatic carbocycles. The van der Waals surface area contributed by atoms with Gasteiger partial charge >= 0.3 is 0 Å². The zero-order chi connectivity index (χ0) is 16.4. The van der Waals surface area contributed by atoms with E-state index in [2.05, 4.69) is 4.72 Å². The molecule has 120 valence electrons. The largest absolute Gasteiger partial charge is 0.398 e. The Bertz CT molecular complexity index is 608. The minimum atomic E-state index is -3.73. The zero-order valence-electron chi connectivity index (χ0n) is 13.4. The second-order valence-electron chi connectivity index (χ2n) is 6.39. The molecule has 21 heavy (non-hydrogen) atoms. The summed E-state index contributed by atoms with van der Waals surface area (Å²) in [5.74, 6) is 0.274. The summed E-state index contributed by atoms with van der Waals surface area (Å²) in [5, 5.41) is 10.2. The van der Waals surface area contributed by atoms with Crippen LogP contribution in [0.1, 0.15) is 38.3 Å². The molecular weight excluding hydrogens is 288 g/mol. The normalized spacial score (nSPS) is 15.2. The minimum Gasteiger partial charge on any atom is -0.398 e. The van der Waals surface area contributed by atoms with Crippen LogP contribution in [0.25, 0.3) is 0 Å². The predicted molar refractivity (Wildman–Crippen MR) is 85.6 cm³/mol. The Morgan fingerprint density at radius 3 is 2.33 bits per heavy atom. The Kier molecular flexibility index (Phi) is 5.41. The lowest BCUT2D eigenvalue weighted by Crippen LogP contribution is -2.41. The topological polar surface area (TPSA) is 92.4 Å². The van der Waals surface area contributed by atoms with E-state index in [4.69, 9.17) is 5.73 Å². The fourth-order valence-corrected chi connectivity index (χ4v) is 3.68. The molecule has 0 heterocycles. The van der Waals surface area contributed by atoms with Crippen LogP contribution in [-0.4, -0.2) is 25.7 Å². The molecule has 0 saturated carbocycles. The van der Waals surface area contributed by atoms with Gasteiger partial charge in [0.1, 0.15) is 4.90 Å². The lowest BCUT2D eigenvalue weighted by molar-refractivity contribution is 0.0437. The van der Waals surface area contributed by atoms with Gasteiger partial charge in [-0.25, -0.2) is 13.1 Å². The first-order valence-corrected chi connectivity index (χ1v) is 8.52. The third kappa shape index (κ3) is 4.98. The number of sulfonamides is 1. The maximum absolute atomic E-state index is 12.3. The van der Waals surface area contributed by atoms with Gasteiger partial charge in [-0.15, -0.1) is 0 Å². The standard InChI is InChI=1S/C15H26N2O3S/c1-10(2)8-15(5,18)9-17-21(19,20)14-7-12(4)11(3)6-13(14)16/h6-7,10,17-18H,8-9,16H2,1-5H3. The van der Waals surface area contributed by atoms with E-state index >= 15 is 0 Å². The number of aryl methyl sites for hydroxylation is 2. The quantitative estimate of drug-likeness (QED) is 0.700. The molecule has 6 heteroatoms. The first kappa shape index (κ1) is 17.9. The third-order valence-corrected chi connectivity index (χ3v) is 4.86. The average molecular weight is 314 g/mol. The Morgan fingerprint density at radius 1 is 1.29 bits per heavy atom. The van der Waals surface area contributed by atoms with Crippen molar-refractivity contribution in [1.29, 1.82) is 0 Å². The van der Waals surface area contributed by atoms with Crippen LogP contribution in [0.4, 0.5) is 5.69 Å². The Balaban J connectivity index is 2.95. The molecule has 0 amide bonds. The summed E-state index contributed by atoms with van der Waals surface area (Å²) in [6.45, 7) is 9.25. The van der Waals surface area contributed by atoms with Crippen LogP contribution in [0.3, 0.4) is 0 Å². The number of nitrogens with one attached hydrogen (secondary N) is 1. The second kappa shape index (κ2) is 6.34. The Morgan fingerprint density at radius 2 is 1.81 bits per heavy atom. The molecule has 0 saturated heterocycles. The van der Waals surface area contributed by atoms with Gasteiger partial charge in [-0.1, -0.05) is 13.8 Å². The highest BCUT2D eigenvalue weighted by atomic mass is 32.2. The minimum absolute atomic E-state index is 0.0418. The van der Waals surface area contributed by atoms with Crippen molar-refractivity contribution in [3.63, 3.8) is 0 Å². The van der Waals surface area contributed by atoms with E-state index in [1.807, 2.05) is 27.7 Å².